The third-order valence-corrected chi connectivity index (χ3v) is 2.96. The third-order valence-electron chi connectivity index (χ3n) is 2.96. The third kappa shape index (κ3) is 3.26. The zero-order chi connectivity index (χ0) is 14.5. The standard InChI is InChI=1S/C14H22N6/c1-5-7-15-13-12(10(2)3)14(17-9-16-13)18-11-6-8-20(4)19-11/h6,8-10H,5,7H2,1-4H3,(H2,15,16,17,18,19). The van der Waals surface area contributed by atoms with E-state index in [2.05, 4.69) is 46.5 Å². The van der Waals surface area contributed by atoms with E-state index >= 15 is 0 Å². The van der Waals surface area contributed by atoms with Crippen molar-refractivity contribution in [1.29, 1.82) is 0 Å². The molecule has 2 N–H and O–H groups in total. The fourth-order valence-corrected chi connectivity index (χ4v) is 2.03. The summed E-state index contributed by atoms with van der Waals surface area (Å²) in [6.45, 7) is 7.31. The Morgan fingerprint density at radius 3 is 2.60 bits per heavy atom. The van der Waals surface area contributed by atoms with Crippen molar-refractivity contribution in [3.63, 3.8) is 0 Å². The summed E-state index contributed by atoms with van der Waals surface area (Å²) in [5.41, 5.74) is 1.09. The predicted octanol–water partition coefficient (Wildman–Crippen LogP) is 2.90. The normalized spacial score (nSPS) is 10.8. The number of hydrogen-bond acceptors (Lipinski definition) is 5. The summed E-state index contributed by atoms with van der Waals surface area (Å²) in [5.74, 6) is 2.82. The predicted molar refractivity (Wildman–Crippen MR) is 81.4 cm³/mol. The second kappa shape index (κ2) is 6.36. The lowest BCUT2D eigenvalue weighted by molar-refractivity contribution is 0.770. The van der Waals surface area contributed by atoms with Gasteiger partial charge in [0, 0.05) is 31.4 Å². The maximum atomic E-state index is 4.36. The molecule has 0 atom stereocenters. The molecule has 2 heterocycles. The van der Waals surface area contributed by atoms with Crippen molar-refractivity contribution in [3.8, 4) is 0 Å². The van der Waals surface area contributed by atoms with E-state index in [9.17, 15) is 0 Å². The molecule has 0 unspecified atom stereocenters. The first kappa shape index (κ1) is 14.3. The zero-order valence-electron chi connectivity index (χ0n) is 12.5. The summed E-state index contributed by atoms with van der Waals surface area (Å²) in [7, 11) is 1.89. The number of anilines is 3. The van der Waals surface area contributed by atoms with E-state index in [0.29, 0.717) is 5.92 Å². The highest BCUT2D eigenvalue weighted by Gasteiger charge is 2.15. The van der Waals surface area contributed by atoms with Crippen LogP contribution in [0.1, 0.15) is 38.7 Å². The molecule has 0 amide bonds. The molecular formula is C14H22N6. The van der Waals surface area contributed by atoms with Gasteiger partial charge in [0.25, 0.3) is 0 Å². The molecule has 0 saturated carbocycles. The molecule has 20 heavy (non-hydrogen) atoms. The van der Waals surface area contributed by atoms with Crippen LogP contribution in [-0.2, 0) is 7.05 Å². The summed E-state index contributed by atoms with van der Waals surface area (Å²) < 4.78 is 1.76. The highest BCUT2D eigenvalue weighted by Crippen LogP contribution is 2.29. The number of aryl methyl sites for hydroxylation is 1. The molecular weight excluding hydrogens is 252 g/mol. The Balaban J connectivity index is 2.31. The molecule has 6 nitrogen and oxygen atoms in total. The lowest BCUT2D eigenvalue weighted by atomic mass is 10.0. The Labute approximate surface area is 119 Å². The average molecular weight is 274 g/mol. The maximum absolute atomic E-state index is 4.36. The summed E-state index contributed by atoms with van der Waals surface area (Å²) >= 11 is 0. The van der Waals surface area contributed by atoms with Gasteiger partial charge in [-0.2, -0.15) is 5.10 Å². The van der Waals surface area contributed by atoms with Gasteiger partial charge in [-0.3, -0.25) is 4.68 Å². The summed E-state index contributed by atoms with van der Waals surface area (Å²) in [5, 5.41) is 11.0. The van der Waals surface area contributed by atoms with Crippen LogP contribution in [0.4, 0.5) is 17.5 Å². The molecule has 0 spiro atoms. The van der Waals surface area contributed by atoms with Crippen LogP contribution in [0.2, 0.25) is 0 Å². The molecule has 0 aliphatic carbocycles. The molecule has 6 heteroatoms. The van der Waals surface area contributed by atoms with Crippen LogP contribution in [0.5, 0.6) is 0 Å². The lowest BCUT2D eigenvalue weighted by Gasteiger charge is -2.16. The van der Waals surface area contributed by atoms with Gasteiger partial charge in [-0.25, -0.2) is 9.97 Å². The van der Waals surface area contributed by atoms with E-state index < -0.39 is 0 Å². The molecule has 0 bridgehead atoms. The topological polar surface area (TPSA) is 67.7 Å². The van der Waals surface area contributed by atoms with E-state index in [-0.39, 0.29) is 0 Å². The van der Waals surface area contributed by atoms with Gasteiger partial charge in [-0.15, -0.1) is 0 Å². The average Bonchev–Trinajstić information content (AvgIpc) is 2.81. The van der Waals surface area contributed by atoms with Gasteiger partial charge >= 0.3 is 0 Å². The number of nitrogens with zero attached hydrogens (tertiary/aromatic N) is 4. The summed E-state index contributed by atoms with van der Waals surface area (Å²) in [4.78, 5) is 8.72. The summed E-state index contributed by atoms with van der Waals surface area (Å²) in [6, 6.07) is 1.92. The number of aromatic nitrogens is 4. The van der Waals surface area contributed by atoms with Crippen molar-refractivity contribution in [1.82, 2.24) is 19.7 Å². The van der Waals surface area contributed by atoms with Gasteiger partial charge in [0.1, 0.15) is 18.0 Å². The van der Waals surface area contributed by atoms with Crippen molar-refractivity contribution >= 4 is 17.5 Å². The Hall–Kier alpha value is -2.11. The molecule has 2 aromatic heterocycles. The Kier molecular flexibility index (Phi) is 4.55. The van der Waals surface area contributed by atoms with E-state index in [1.165, 1.54) is 0 Å². The van der Waals surface area contributed by atoms with Crippen molar-refractivity contribution in [2.24, 2.45) is 7.05 Å². The van der Waals surface area contributed by atoms with Crippen LogP contribution in [0, 0.1) is 0 Å². The van der Waals surface area contributed by atoms with Crippen LogP contribution in [-0.4, -0.2) is 26.3 Å². The Bertz CT molecular complexity index is 561. The molecule has 2 rings (SSSR count). The first-order valence-electron chi connectivity index (χ1n) is 6.97. The fourth-order valence-electron chi connectivity index (χ4n) is 2.03. The SMILES string of the molecule is CCCNc1ncnc(Nc2ccn(C)n2)c1C(C)C. The maximum Gasteiger partial charge on any atom is 0.153 e. The van der Waals surface area contributed by atoms with E-state index in [1.807, 2.05) is 19.3 Å². The highest BCUT2D eigenvalue weighted by atomic mass is 15.3. The second-order valence-corrected chi connectivity index (χ2v) is 5.07. The molecule has 2 aromatic rings. The molecule has 0 aliphatic rings. The van der Waals surface area contributed by atoms with Crippen LogP contribution in [0.3, 0.4) is 0 Å². The van der Waals surface area contributed by atoms with Crippen molar-refractivity contribution in [2.45, 2.75) is 33.1 Å². The highest BCUT2D eigenvalue weighted by molar-refractivity contribution is 5.63. The van der Waals surface area contributed by atoms with Gasteiger partial charge in [-0.1, -0.05) is 20.8 Å². The number of rotatable bonds is 6. The molecule has 0 aromatic carbocycles. The second-order valence-electron chi connectivity index (χ2n) is 5.07. The van der Waals surface area contributed by atoms with E-state index in [0.717, 1.165) is 36.0 Å². The van der Waals surface area contributed by atoms with Crippen LogP contribution in [0.15, 0.2) is 18.6 Å². The van der Waals surface area contributed by atoms with Gasteiger partial charge in [0.2, 0.25) is 0 Å². The summed E-state index contributed by atoms with van der Waals surface area (Å²) in [6.07, 6.45) is 4.54. The van der Waals surface area contributed by atoms with E-state index in [1.54, 1.807) is 11.0 Å². The number of nitrogens with one attached hydrogen (secondary N) is 2. The molecule has 0 fully saturated rings. The lowest BCUT2D eigenvalue weighted by Crippen LogP contribution is -2.10. The van der Waals surface area contributed by atoms with Crippen LogP contribution < -0.4 is 10.6 Å². The van der Waals surface area contributed by atoms with Gasteiger partial charge in [0.15, 0.2) is 5.82 Å². The minimum atomic E-state index is 0.321. The quantitative estimate of drug-likeness (QED) is 0.847. The number of hydrogen-bond donors (Lipinski definition) is 2. The molecule has 0 saturated heterocycles. The minimum Gasteiger partial charge on any atom is -0.370 e. The molecule has 0 aliphatic heterocycles. The monoisotopic (exact) mass is 274 g/mol. The molecule has 108 valence electrons. The van der Waals surface area contributed by atoms with Gasteiger partial charge in [0.05, 0.1) is 0 Å². The van der Waals surface area contributed by atoms with E-state index in [4.69, 9.17) is 0 Å². The fraction of sp³-hybridized carbons (Fsp3) is 0.500. The van der Waals surface area contributed by atoms with Crippen molar-refractivity contribution < 1.29 is 0 Å². The first-order valence-corrected chi connectivity index (χ1v) is 6.97. The minimum absolute atomic E-state index is 0.321. The zero-order valence-corrected chi connectivity index (χ0v) is 12.5. The van der Waals surface area contributed by atoms with Crippen molar-refractivity contribution in [3.05, 3.63) is 24.2 Å². The Morgan fingerprint density at radius 1 is 1.25 bits per heavy atom. The Morgan fingerprint density at radius 2 is 2.00 bits per heavy atom. The van der Waals surface area contributed by atoms with Crippen molar-refractivity contribution in [2.75, 3.05) is 17.2 Å². The van der Waals surface area contributed by atoms with Crippen LogP contribution in [0.25, 0.3) is 0 Å². The largest absolute Gasteiger partial charge is 0.370 e. The first-order chi connectivity index (χ1) is 9.61. The van der Waals surface area contributed by atoms with Crippen LogP contribution >= 0.6 is 0 Å². The van der Waals surface area contributed by atoms with Gasteiger partial charge < -0.3 is 10.6 Å². The van der Waals surface area contributed by atoms with Gasteiger partial charge in [-0.05, 0) is 12.3 Å². The smallest absolute Gasteiger partial charge is 0.153 e. The molecule has 0 radical (unpaired) electrons.